The van der Waals surface area contributed by atoms with Crippen LogP contribution >= 0.6 is 0 Å². The lowest BCUT2D eigenvalue weighted by molar-refractivity contribution is -0.384. The van der Waals surface area contributed by atoms with Gasteiger partial charge in [0.05, 0.1) is 11.0 Å². The van der Waals surface area contributed by atoms with Gasteiger partial charge >= 0.3 is 0 Å². The zero-order valence-corrected chi connectivity index (χ0v) is 10.3. The SMILES string of the molecule is C=CCOc1cc([N+](=O)[O-])ccc1-n1cnc(C)n1. The lowest BCUT2D eigenvalue weighted by Crippen LogP contribution is -2.02. The number of hydrogen-bond acceptors (Lipinski definition) is 5. The molecule has 0 atom stereocenters. The Bertz CT molecular complexity index is 621. The molecular weight excluding hydrogens is 248 g/mol. The number of non-ortho nitro benzene ring substituents is 1. The standard InChI is InChI=1S/C12H12N4O3/c1-3-6-19-12-7-10(16(17)18)4-5-11(12)15-8-13-9(2)14-15/h3-5,7-8H,1,6H2,2H3. The molecule has 1 heterocycles. The first-order valence-electron chi connectivity index (χ1n) is 5.52. The van der Waals surface area contributed by atoms with Crippen molar-refractivity contribution in [2.75, 3.05) is 6.61 Å². The van der Waals surface area contributed by atoms with Crippen LogP contribution in [0.2, 0.25) is 0 Å². The molecule has 0 aliphatic rings. The molecule has 0 unspecified atom stereocenters. The summed E-state index contributed by atoms with van der Waals surface area (Å²) in [6.45, 7) is 5.55. The second-order valence-electron chi connectivity index (χ2n) is 3.75. The van der Waals surface area contributed by atoms with Gasteiger partial charge < -0.3 is 4.74 Å². The Kier molecular flexibility index (Phi) is 3.56. The Morgan fingerprint density at radius 1 is 1.58 bits per heavy atom. The first-order chi connectivity index (χ1) is 9.11. The van der Waals surface area contributed by atoms with E-state index in [9.17, 15) is 10.1 Å². The average Bonchev–Trinajstić information content (AvgIpc) is 2.82. The van der Waals surface area contributed by atoms with Gasteiger partial charge in [-0.05, 0) is 13.0 Å². The van der Waals surface area contributed by atoms with Gasteiger partial charge in [-0.15, -0.1) is 0 Å². The average molecular weight is 260 g/mol. The van der Waals surface area contributed by atoms with Gasteiger partial charge in [-0.25, -0.2) is 9.67 Å². The summed E-state index contributed by atoms with van der Waals surface area (Å²) in [5, 5.41) is 14.9. The predicted molar refractivity (Wildman–Crippen MR) is 68.4 cm³/mol. The van der Waals surface area contributed by atoms with Gasteiger partial charge in [0.2, 0.25) is 0 Å². The highest BCUT2D eigenvalue weighted by molar-refractivity contribution is 5.52. The van der Waals surface area contributed by atoms with Crippen molar-refractivity contribution >= 4 is 5.69 Å². The second kappa shape index (κ2) is 5.30. The van der Waals surface area contributed by atoms with E-state index in [-0.39, 0.29) is 12.3 Å². The Morgan fingerprint density at radius 3 is 2.95 bits per heavy atom. The molecule has 1 aromatic heterocycles. The summed E-state index contributed by atoms with van der Waals surface area (Å²) in [5.74, 6) is 0.965. The molecule has 0 saturated carbocycles. The molecule has 19 heavy (non-hydrogen) atoms. The number of rotatable bonds is 5. The highest BCUT2D eigenvalue weighted by atomic mass is 16.6. The number of ether oxygens (including phenoxy) is 1. The van der Waals surface area contributed by atoms with E-state index in [1.165, 1.54) is 23.1 Å². The fraction of sp³-hybridized carbons (Fsp3) is 0.167. The van der Waals surface area contributed by atoms with Crippen LogP contribution in [0.1, 0.15) is 5.82 Å². The molecule has 0 aliphatic heterocycles. The predicted octanol–water partition coefficient (Wildman–Crippen LogP) is 2.05. The number of nitro groups is 1. The van der Waals surface area contributed by atoms with E-state index in [0.29, 0.717) is 17.3 Å². The minimum absolute atomic E-state index is 0.0420. The summed E-state index contributed by atoms with van der Waals surface area (Å²) in [6, 6.07) is 4.33. The Morgan fingerprint density at radius 2 is 2.37 bits per heavy atom. The topological polar surface area (TPSA) is 83.1 Å². The molecule has 0 spiro atoms. The van der Waals surface area contributed by atoms with Crippen LogP contribution in [0.5, 0.6) is 5.75 Å². The number of benzene rings is 1. The van der Waals surface area contributed by atoms with Gasteiger partial charge in [-0.2, -0.15) is 5.10 Å². The molecule has 0 N–H and O–H groups in total. The van der Waals surface area contributed by atoms with E-state index in [1.807, 2.05) is 0 Å². The number of hydrogen-bond donors (Lipinski definition) is 0. The van der Waals surface area contributed by atoms with Crippen molar-refractivity contribution in [2.24, 2.45) is 0 Å². The first kappa shape index (κ1) is 12.7. The number of nitrogens with zero attached hydrogens (tertiary/aromatic N) is 4. The summed E-state index contributed by atoms with van der Waals surface area (Å²) in [6.07, 6.45) is 3.09. The van der Waals surface area contributed by atoms with E-state index >= 15 is 0 Å². The summed E-state index contributed by atoms with van der Waals surface area (Å²) in [4.78, 5) is 14.3. The maximum absolute atomic E-state index is 10.8. The first-order valence-corrected chi connectivity index (χ1v) is 5.52. The molecule has 0 bridgehead atoms. The molecule has 2 rings (SSSR count). The fourth-order valence-corrected chi connectivity index (χ4v) is 1.53. The van der Waals surface area contributed by atoms with E-state index in [0.717, 1.165) is 0 Å². The second-order valence-corrected chi connectivity index (χ2v) is 3.75. The largest absolute Gasteiger partial charge is 0.487 e. The molecule has 7 nitrogen and oxygen atoms in total. The zero-order valence-electron chi connectivity index (χ0n) is 10.3. The third-order valence-electron chi connectivity index (χ3n) is 2.36. The van der Waals surface area contributed by atoms with Gasteiger partial charge in [0, 0.05) is 6.07 Å². The molecule has 1 aromatic carbocycles. The molecular formula is C12H12N4O3. The summed E-state index contributed by atoms with van der Waals surface area (Å²) >= 11 is 0. The summed E-state index contributed by atoms with van der Waals surface area (Å²) < 4.78 is 6.94. The molecule has 98 valence electrons. The molecule has 0 fully saturated rings. The van der Waals surface area contributed by atoms with Gasteiger partial charge in [-0.1, -0.05) is 12.7 Å². The van der Waals surface area contributed by atoms with Gasteiger partial charge in [0.1, 0.15) is 24.4 Å². The van der Waals surface area contributed by atoms with Crippen LogP contribution in [0, 0.1) is 17.0 Å². The van der Waals surface area contributed by atoms with Crippen LogP contribution in [0.25, 0.3) is 5.69 Å². The normalized spacial score (nSPS) is 10.2. The molecule has 0 saturated heterocycles. The third-order valence-corrected chi connectivity index (χ3v) is 2.36. The van der Waals surface area contributed by atoms with E-state index in [2.05, 4.69) is 16.7 Å². The molecule has 0 aliphatic carbocycles. The van der Waals surface area contributed by atoms with Crippen LogP contribution in [0.15, 0.2) is 37.2 Å². The lowest BCUT2D eigenvalue weighted by Gasteiger charge is -2.09. The molecule has 2 aromatic rings. The van der Waals surface area contributed by atoms with Crippen molar-refractivity contribution in [3.8, 4) is 11.4 Å². The van der Waals surface area contributed by atoms with Gasteiger partial charge in [0.15, 0.2) is 5.75 Å². The number of nitro benzene ring substituents is 1. The van der Waals surface area contributed by atoms with Crippen LogP contribution < -0.4 is 4.74 Å². The van der Waals surface area contributed by atoms with Crippen molar-refractivity contribution in [1.82, 2.24) is 14.8 Å². The van der Waals surface area contributed by atoms with Gasteiger partial charge in [-0.3, -0.25) is 10.1 Å². The summed E-state index contributed by atoms with van der Waals surface area (Å²) in [7, 11) is 0. The summed E-state index contributed by atoms with van der Waals surface area (Å²) in [5.41, 5.74) is 0.549. The van der Waals surface area contributed by atoms with Crippen molar-refractivity contribution in [3.05, 3.63) is 53.1 Å². The van der Waals surface area contributed by atoms with Crippen molar-refractivity contribution in [3.63, 3.8) is 0 Å². The molecule has 0 amide bonds. The van der Waals surface area contributed by atoms with Crippen LogP contribution in [-0.2, 0) is 0 Å². The minimum Gasteiger partial charge on any atom is -0.487 e. The van der Waals surface area contributed by atoms with Crippen LogP contribution in [-0.4, -0.2) is 26.3 Å². The Balaban J connectivity index is 2.46. The minimum atomic E-state index is -0.475. The van der Waals surface area contributed by atoms with Crippen LogP contribution in [0.4, 0.5) is 5.69 Å². The molecule has 0 radical (unpaired) electrons. The van der Waals surface area contributed by atoms with Crippen molar-refractivity contribution < 1.29 is 9.66 Å². The van der Waals surface area contributed by atoms with Crippen LogP contribution in [0.3, 0.4) is 0 Å². The smallest absolute Gasteiger partial charge is 0.273 e. The van der Waals surface area contributed by atoms with E-state index < -0.39 is 4.92 Å². The third kappa shape index (κ3) is 2.76. The Hall–Kier alpha value is -2.70. The van der Waals surface area contributed by atoms with E-state index in [1.54, 1.807) is 19.1 Å². The van der Waals surface area contributed by atoms with Crippen molar-refractivity contribution in [1.29, 1.82) is 0 Å². The quantitative estimate of drug-likeness (QED) is 0.466. The highest BCUT2D eigenvalue weighted by Crippen LogP contribution is 2.27. The Labute approximate surface area is 109 Å². The van der Waals surface area contributed by atoms with E-state index in [4.69, 9.17) is 4.74 Å². The highest BCUT2D eigenvalue weighted by Gasteiger charge is 2.14. The van der Waals surface area contributed by atoms with Crippen molar-refractivity contribution in [2.45, 2.75) is 6.92 Å². The maximum Gasteiger partial charge on any atom is 0.273 e. The number of aryl methyl sites for hydroxylation is 1. The molecule has 7 heteroatoms. The number of aromatic nitrogens is 3. The fourth-order valence-electron chi connectivity index (χ4n) is 1.53. The maximum atomic E-state index is 10.8. The lowest BCUT2D eigenvalue weighted by atomic mass is 10.2. The monoisotopic (exact) mass is 260 g/mol. The zero-order chi connectivity index (χ0) is 13.8. The van der Waals surface area contributed by atoms with Gasteiger partial charge in [0.25, 0.3) is 5.69 Å².